The van der Waals surface area contributed by atoms with Crippen molar-refractivity contribution >= 4 is 0 Å². The fourth-order valence-corrected chi connectivity index (χ4v) is 2.85. The van der Waals surface area contributed by atoms with Crippen molar-refractivity contribution in [2.75, 3.05) is 6.61 Å². The first-order chi connectivity index (χ1) is 9.20. The largest absolute Gasteiger partial charge is 0.396 e. The molecule has 19 heavy (non-hydrogen) atoms. The molecule has 0 unspecified atom stereocenters. The van der Waals surface area contributed by atoms with Gasteiger partial charge in [0, 0.05) is 24.9 Å². The summed E-state index contributed by atoms with van der Waals surface area (Å²) >= 11 is 0. The number of nitrogens with zero attached hydrogens (tertiary/aromatic N) is 1. The maximum Gasteiger partial charge on any atom is 0.0545 e. The third-order valence-electron chi connectivity index (χ3n) is 4.11. The van der Waals surface area contributed by atoms with Gasteiger partial charge in [0.1, 0.15) is 0 Å². The Labute approximate surface area is 116 Å². The van der Waals surface area contributed by atoms with E-state index in [0.717, 1.165) is 24.4 Å². The normalized spacial score (nSPS) is 23.8. The van der Waals surface area contributed by atoms with Gasteiger partial charge in [-0.3, -0.25) is 4.98 Å². The first-order valence-electron chi connectivity index (χ1n) is 7.50. The first-order valence-corrected chi connectivity index (χ1v) is 7.50. The second kappa shape index (κ2) is 7.01. The molecule has 1 aliphatic carbocycles. The molecule has 2 N–H and O–H groups in total. The van der Waals surface area contributed by atoms with E-state index in [4.69, 9.17) is 0 Å². The number of rotatable bonds is 5. The van der Waals surface area contributed by atoms with E-state index in [1.165, 1.54) is 19.3 Å². The second-order valence-electron chi connectivity index (χ2n) is 5.92. The molecule has 2 rings (SSSR count). The zero-order valence-electron chi connectivity index (χ0n) is 12.1. The maximum absolute atomic E-state index is 9.42. The molecule has 0 amide bonds. The SMILES string of the molecule is CC(C)c1cccc(CN[C@H]2CCCC[C@H]2CO)n1. The highest BCUT2D eigenvalue weighted by molar-refractivity contribution is 5.13. The summed E-state index contributed by atoms with van der Waals surface area (Å²) in [5, 5.41) is 13.0. The Morgan fingerprint density at radius 3 is 2.84 bits per heavy atom. The van der Waals surface area contributed by atoms with Gasteiger partial charge in [-0.2, -0.15) is 0 Å². The molecule has 1 aromatic rings. The highest BCUT2D eigenvalue weighted by Gasteiger charge is 2.23. The summed E-state index contributed by atoms with van der Waals surface area (Å²) in [5.74, 6) is 0.891. The Balaban J connectivity index is 1.92. The third kappa shape index (κ3) is 4.02. The van der Waals surface area contributed by atoms with Crippen molar-refractivity contribution < 1.29 is 5.11 Å². The summed E-state index contributed by atoms with van der Waals surface area (Å²) < 4.78 is 0. The summed E-state index contributed by atoms with van der Waals surface area (Å²) in [5.41, 5.74) is 2.26. The lowest BCUT2D eigenvalue weighted by atomic mass is 9.85. The smallest absolute Gasteiger partial charge is 0.0545 e. The van der Waals surface area contributed by atoms with Crippen LogP contribution in [0.1, 0.15) is 56.8 Å². The number of aliphatic hydroxyl groups is 1. The van der Waals surface area contributed by atoms with E-state index >= 15 is 0 Å². The van der Waals surface area contributed by atoms with Gasteiger partial charge in [0.25, 0.3) is 0 Å². The summed E-state index contributed by atoms with van der Waals surface area (Å²) in [7, 11) is 0. The Morgan fingerprint density at radius 1 is 1.32 bits per heavy atom. The standard InChI is InChI=1S/C16H26N2O/c1-12(2)15-9-5-7-14(18-15)10-17-16-8-4-3-6-13(16)11-19/h5,7,9,12-13,16-17,19H,3-4,6,8,10-11H2,1-2H3/t13-,16-/m0/s1. The van der Waals surface area contributed by atoms with Crippen LogP contribution < -0.4 is 5.32 Å². The molecule has 0 radical (unpaired) electrons. The van der Waals surface area contributed by atoms with Crippen LogP contribution in [0.25, 0.3) is 0 Å². The van der Waals surface area contributed by atoms with Gasteiger partial charge in [-0.25, -0.2) is 0 Å². The topological polar surface area (TPSA) is 45.1 Å². The second-order valence-corrected chi connectivity index (χ2v) is 5.92. The summed E-state index contributed by atoms with van der Waals surface area (Å²) in [4.78, 5) is 4.68. The molecule has 0 aromatic carbocycles. The van der Waals surface area contributed by atoms with Gasteiger partial charge in [-0.05, 0) is 36.8 Å². The molecule has 1 saturated carbocycles. The fraction of sp³-hybridized carbons (Fsp3) is 0.688. The molecule has 0 aliphatic heterocycles. The summed E-state index contributed by atoms with van der Waals surface area (Å²) in [6.07, 6.45) is 4.85. The minimum absolute atomic E-state index is 0.303. The van der Waals surface area contributed by atoms with Crippen LogP contribution in [0.5, 0.6) is 0 Å². The first kappa shape index (κ1) is 14.5. The lowest BCUT2D eigenvalue weighted by molar-refractivity contribution is 0.152. The van der Waals surface area contributed by atoms with Crippen LogP contribution in [0.4, 0.5) is 0 Å². The monoisotopic (exact) mass is 262 g/mol. The van der Waals surface area contributed by atoms with Crippen LogP contribution in [-0.2, 0) is 6.54 Å². The average molecular weight is 262 g/mol. The van der Waals surface area contributed by atoms with E-state index in [1.54, 1.807) is 0 Å². The number of aliphatic hydroxyl groups excluding tert-OH is 1. The van der Waals surface area contributed by atoms with Crippen molar-refractivity contribution in [1.29, 1.82) is 0 Å². The van der Waals surface area contributed by atoms with Crippen molar-refractivity contribution in [2.24, 2.45) is 5.92 Å². The van der Waals surface area contributed by atoms with Gasteiger partial charge in [-0.1, -0.05) is 32.8 Å². The van der Waals surface area contributed by atoms with Crippen LogP contribution in [-0.4, -0.2) is 22.7 Å². The zero-order valence-corrected chi connectivity index (χ0v) is 12.1. The van der Waals surface area contributed by atoms with E-state index in [2.05, 4.69) is 42.3 Å². The van der Waals surface area contributed by atoms with Crippen molar-refractivity contribution in [3.05, 3.63) is 29.6 Å². The van der Waals surface area contributed by atoms with Crippen molar-refractivity contribution in [1.82, 2.24) is 10.3 Å². The van der Waals surface area contributed by atoms with Gasteiger partial charge in [0.15, 0.2) is 0 Å². The lowest BCUT2D eigenvalue weighted by Crippen LogP contribution is -2.39. The lowest BCUT2D eigenvalue weighted by Gasteiger charge is -2.31. The van der Waals surface area contributed by atoms with Crippen LogP contribution in [0.15, 0.2) is 18.2 Å². The molecule has 2 atom stereocenters. The molecule has 3 heteroatoms. The molecule has 106 valence electrons. The van der Waals surface area contributed by atoms with E-state index in [9.17, 15) is 5.11 Å². The molecule has 1 aliphatic rings. The Hall–Kier alpha value is -0.930. The molecular weight excluding hydrogens is 236 g/mol. The average Bonchev–Trinajstić information content (AvgIpc) is 2.45. The molecule has 1 aromatic heterocycles. The summed E-state index contributed by atoms with van der Waals surface area (Å²) in [6.45, 7) is 5.45. The fourth-order valence-electron chi connectivity index (χ4n) is 2.85. The van der Waals surface area contributed by atoms with Crippen LogP contribution in [0.3, 0.4) is 0 Å². The molecular formula is C16H26N2O. The van der Waals surface area contributed by atoms with Crippen LogP contribution >= 0.6 is 0 Å². The van der Waals surface area contributed by atoms with Crippen LogP contribution in [0.2, 0.25) is 0 Å². The van der Waals surface area contributed by atoms with Gasteiger partial charge in [0.2, 0.25) is 0 Å². The van der Waals surface area contributed by atoms with E-state index in [1.807, 2.05) is 0 Å². The number of aromatic nitrogens is 1. The summed E-state index contributed by atoms with van der Waals surface area (Å²) in [6, 6.07) is 6.70. The quantitative estimate of drug-likeness (QED) is 0.857. The Morgan fingerprint density at radius 2 is 2.11 bits per heavy atom. The van der Waals surface area contributed by atoms with Gasteiger partial charge in [-0.15, -0.1) is 0 Å². The Bertz CT molecular complexity index is 392. The molecule has 1 fully saturated rings. The van der Waals surface area contributed by atoms with Gasteiger partial charge in [0.05, 0.1) is 5.69 Å². The number of pyridine rings is 1. The van der Waals surface area contributed by atoms with Crippen molar-refractivity contribution in [2.45, 2.75) is 58.0 Å². The van der Waals surface area contributed by atoms with E-state index in [-0.39, 0.29) is 0 Å². The highest BCUT2D eigenvalue weighted by Crippen LogP contribution is 2.24. The van der Waals surface area contributed by atoms with E-state index < -0.39 is 0 Å². The number of hydrogen-bond acceptors (Lipinski definition) is 3. The minimum atomic E-state index is 0.303. The Kier molecular flexibility index (Phi) is 5.34. The molecule has 0 bridgehead atoms. The zero-order chi connectivity index (χ0) is 13.7. The molecule has 1 heterocycles. The van der Waals surface area contributed by atoms with Gasteiger partial charge < -0.3 is 10.4 Å². The highest BCUT2D eigenvalue weighted by atomic mass is 16.3. The van der Waals surface area contributed by atoms with E-state index in [0.29, 0.717) is 24.5 Å². The van der Waals surface area contributed by atoms with Crippen molar-refractivity contribution in [3.8, 4) is 0 Å². The maximum atomic E-state index is 9.42. The third-order valence-corrected chi connectivity index (χ3v) is 4.11. The number of hydrogen-bond donors (Lipinski definition) is 2. The van der Waals surface area contributed by atoms with Crippen LogP contribution in [0, 0.1) is 5.92 Å². The molecule has 0 saturated heterocycles. The van der Waals surface area contributed by atoms with Crippen molar-refractivity contribution in [3.63, 3.8) is 0 Å². The number of nitrogens with one attached hydrogen (secondary N) is 1. The minimum Gasteiger partial charge on any atom is -0.396 e. The van der Waals surface area contributed by atoms with Gasteiger partial charge >= 0.3 is 0 Å². The predicted octanol–water partition coefficient (Wildman–Crippen LogP) is 2.85. The molecule has 3 nitrogen and oxygen atoms in total. The molecule has 0 spiro atoms. The predicted molar refractivity (Wildman–Crippen MR) is 78.0 cm³/mol.